The van der Waals surface area contributed by atoms with Crippen molar-refractivity contribution in [1.29, 1.82) is 0 Å². The molecule has 0 aromatic heterocycles. The van der Waals surface area contributed by atoms with E-state index in [2.05, 4.69) is 12.6 Å². The van der Waals surface area contributed by atoms with Crippen LogP contribution in [-0.4, -0.2) is 54.5 Å². The molecule has 0 amide bonds. The van der Waals surface area contributed by atoms with E-state index in [9.17, 15) is 4.79 Å². The number of hydrogen-bond donors (Lipinski definition) is 2. The molecular formula is C2H6Li2O2S. The molecule has 0 unspecified atom stereocenters. The summed E-state index contributed by atoms with van der Waals surface area (Å²) in [6, 6.07) is 0. The molecule has 0 aromatic rings. The molecule has 0 heterocycles. The first-order valence-corrected chi connectivity index (χ1v) is 1.73. The van der Waals surface area contributed by atoms with E-state index in [0.29, 0.717) is 0 Å². The quantitative estimate of drug-likeness (QED) is 0.323. The predicted octanol–water partition coefficient (Wildman–Crippen LogP) is -1.30. The normalized spacial score (nSPS) is 5.29. The molecule has 0 fully saturated rings. The maximum atomic E-state index is 9.29. The van der Waals surface area contributed by atoms with Crippen LogP contribution in [-0.2, 0) is 4.79 Å². The van der Waals surface area contributed by atoms with E-state index < -0.39 is 5.97 Å². The first kappa shape index (κ1) is 15.7. The van der Waals surface area contributed by atoms with E-state index in [1.165, 1.54) is 0 Å². The summed E-state index contributed by atoms with van der Waals surface area (Å²) in [5, 5.41) is 7.65. The Kier molecular flexibility index (Phi) is 22.6. The van der Waals surface area contributed by atoms with Crippen LogP contribution in [0.1, 0.15) is 0 Å². The fourth-order valence-corrected chi connectivity index (χ4v) is 0. The van der Waals surface area contributed by atoms with Crippen molar-refractivity contribution in [2.45, 2.75) is 0 Å². The summed E-state index contributed by atoms with van der Waals surface area (Å²) in [4.78, 5) is 9.29. The van der Waals surface area contributed by atoms with Crippen molar-refractivity contribution in [2.24, 2.45) is 0 Å². The summed E-state index contributed by atoms with van der Waals surface area (Å²) in [5.41, 5.74) is 0. The topological polar surface area (TPSA) is 37.3 Å². The van der Waals surface area contributed by atoms with Crippen LogP contribution in [0.2, 0.25) is 0 Å². The fourth-order valence-electron chi connectivity index (χ4n) is 0. The monoisotopic (exact) mass is 108 g/mol. The predicted molar refractivity (Wildman–Crippen MR) is 35.8 cm³/mol. The standard InChI is InChI=1S/C2H4O2S.2Li.2H/c3-2(4)1-5;;;;/h5H,1H2,(H,3,4);;;;. The molecule has 34 valence electrons. The number of carboxylic acid groups (broad SMARTS) is 1. The molecule has 0 atom stereocenters. The van der Waals surface area contributed by atoms with Crippen LogP contribution in [0.15, 0.2) is 0 Å². The zero-order valence-electron chi connectivity index (χ0n) is 2.51. The minimum atomic E-state index is -0.881. The molecule has 7 heavy (non-hydrogen) atoms. The Labute approximate surface area is 71.8 Å². The van der Waals surface area contributed by atoms with Crippen LogP contribution < -0.4 is 0 Å². The summed E-state index contributed by atoms with van der Waals surface area (Å²) in [5.74, 6) is -0.965. The molecule has 5 heteroatoms. The Balaban J connectivity index is -0.0000000800. The average molecular weight is 108 g/mol. The number of rotatable bonds is 1. The van der Waals surface area contributed by atoms with Crippen LogP contribution in [0.25, 0.3) is 0 Å². The van der Waals surface area contributed by atoms with Gasteiger partial charge >= 0.3 is 43.7 Å². The molecule has 0 aliphatic rings. The molecule has 1 N–H and O–H groups in total. The fraction of sp³-hybridized carbons (Fsp3) is 0.500. The zero-order chi connectivity index (χ0) is 4.28. The summed E-state index contributed by atoms with van der Waals surface area (Å²) in [6.07, 6.45) is 0. The van der Waals surface area contributed by atoms with Crippen molar-refractivity contribution in [1.82, 2.24) is 0 Å². The molecule has 0 aromatic carbocycles. The zero-order valence-corrected chi connectivity index (χ0v) is 3.40. The van der Waals surface area contributed by atoms with Crippen molar-refractivity contribution >= 4 is 56.3 Å². The van der Waals surface area contributed by atoms with Gasteiger partial charge in [0.05, 0.1) is 5.75 Å². The van der Waals surface area contributed by atoms with Crippen LogP contribution in [0.5, 0.6) is 0 Å². The Hall–Kier alpha value is 1.01. The van der Waals surface area contributed by atoms with Gasteiger partial charge in [-0.3, -0.25) is 4.79 Å². The van der Waals surface area contributed by atoms with Gasteiger partial charge in [-0.1, -0.05) is 0 Å². The second kappa shape index (κ2) is 10.1. The van der Waals surface area contributed by atoms with Gasteiger partial charge < -0.3 is 5.11 Å². The molecule has 0 aliphatic carbocycles. The van der Waals surface area contributed by atoms with Crippen LogP contribution in [0, 0.1) is 0 Å². The van der Waals surface area contributed by atoms with Crippen molar-refractivity contribution in [3.8, 4) is 0 Å². The molecule has 0 radical (unpaired) electrons. The minimum absolute atomic E-state index is 0. The third kappa shape index (κ3) is 19.4. The maximum absolute atomic E-state index is 9.29. The van der Waals surface area contributed by atoms with Gasteiger partial charge in [0.15, 0.2) is 0 Å². The number of aliphatic carboxylic acids is 1. The molecular weight excluding hydrogens is 102 g/mol. The summed E-state index contributed by atoms with van der Waals surface area (Å²) in [7, 11) is 0. The van der Waals surface area contributed by atoms with E-state index in [1.54, 1.807) is 0 Å². The molecule has 2 nitrogen and oxygen atoms in total. The molecule has 0 aliphatic heterocycles. The van der Waals surface area contributed by atoms with E-state index in [0.717, 1.165) is 0 Å². The number of hydrogen-bond acceptors (Lipinski definition) is 2. The SMILES string of the molecule is O=C(O)CS.[LiH].[LiH]. The molecule has 0 bridgehead atoms. The van der Waals surface area contributed by atoms with E-state index in [4.69, 9.17) is 5.11 Å². The Morgan fingerprint density at radius 2 is 1.71 bits per heavy atom. The number of carbonyl (C=O) groups is 1. The first-order valence-electron chi connectivity index (χ1n) is 1.10. The van der Waals surface area contributed by atoms with E-state index in [-0.39, 0.29) is 43.5 Å². The third-order valence-electron chi connectivity index (χ3n) is 0.135. The van der Waals surface area contributed by atoms with Crippen LogP contribution >= 0.6 is 12.6 Å². The van der Waals surface area contributed by atoms with Crippen molar-refractivity contribution in [2.75, 3.05) is 5.75 Å². The summed E-state index contributed by atoms with van der Waals surface area (Å²) < 4.78 is 0. The molecule has 0 saturated heterocycles. The second-order valence-electron chi connectivity index (χ2n) is 0.552. The average Bonchev–Trinajstić information content (AvgIpc) is 1.38. The van der Waals surface area contributed by atoms with Crippen molar-refractivity contribution < 1.29 is 9.90 Å². The van der Waals surface area contributed by atoms with Gasteiger partial charge in [0, 0.05) is 0 Å². The Bertz CT molecular complexity index is 49.0. The van der Waals surface area contributed by atoms with Crippen LogP contribution in [0.4, 0.5) is 0 Å². The third-order valence-corrected chi connectivity index (χ3v) is 0.406. The summed E-state index contributed by atoms with van der Waals surface area (Å²) >= 11 is 3.42. The Morgan fingerprint density at radius 3 is 1.71 bits per heavy atom. The molecule has 0 saturated carbocycles. The van der Waals surface area contributed by atoms with Crippen molar-refractivity contribution in [3.05, 3.63) is 0 Å². The van der Waals surface area contributed by atoms with Gasteiger partial charge in [-0.25, -0.2) is 0 Å². The van der Waals surface area contributed by atoms with Gasteiger partial charge in [-0.15, -0.1) is 0 Å². The van der Waals surface area contributed by atoms with Gasteiger partial charge in [0.2, 0.25) is 0 Å². The molecule has 0 spiro atoms. The number of carboxylic acids is 1. The van der Waals surface area contributed by atoms with E-state index in [1.807, 2.05) is 0 Å². The van der Waals surface area contributed by atoms with Gasteiger partial charge in [-0.05, 0) is 0 Å². The van der Waals surface area contributed by atoms with E-state index >= 15 is 0 Å². The second-order valence-corrected chi connectivity index (χ2v) is 0.868. The van der Waals surface area contributed by atoms with Crippen molar-refractivity contribution in [3.63, 3.8) is 0 Å². The summed E-state index contributed by atoms with van der Waals surface area (Å²) in [6.45, 7) is 0. The first-order chi connectivity index (χ1) is 2.27. The van der Waals surface area contributed by atoms with Gasteiger partial charge in [0.1, 0.15) is 0 Å². The molecule has 0 rings (SSSR count). The van der Waals surface area contributed by atoms with Gasteiger partial charge in [-0.2, -0.15) is 12.6 Å². The number of thiol groups is 1. The Morgan fingerprint density at radius 1 is 1.57 bits per heavy atom. The van der Waals surface area contributed by atoms with Gasteiger partial charge in [0.25, 0.3) is 0 Å². The van der Waals surface area contributed by atoms with Crippen LogP contribution in [0.3, 0.4) is 0 Å².